The molecular weight excluding hydrogens is 360 g/mol. The first-order valence-corrected chi connectivity index (χ1v) is 10.2. The third-order valence-corrected chi connectivity index (χ3v) is 5.43. The highest BCUT2D eigenvalue weighted by atomic mass is 32.1. The molecule has 0 bridgehead atoms. The van der Waals surface area contributed by atoms with Gasteiger partial charge in [0.15, 0.2) is 5.11 Å². The zero-order valence-corrected chi connectivity index (χ0v) is 17.2. The van der Waals surface area contributed by atoms with Gasteiger partial charge in [0.2, 0.25) is 0 Å². The molecular formula is C20H30N4O2S. The monoisotopic (exact) mass is 390 g/mol. The third-order valence-electron chi connectivity index (χ3n) is 5.20. The van der Waals surface area contributed by atoms with Crippen molar-refractivity contribution in [1.29, 1.82) is 0 Å². The van der Waals surface area contributed by atoms with Crippen LogP contribution in [0.2, 0.25) is 0 Å². The number of carbonyl (C=O) groups excluding carboxylic acids is 2. The van der Waals surface area contributed by atoms with Crippen LogP contribution >= 0.6 is 12.2 Å². The molecule has 6 nitrogen and oxygen atoms in total. The normalized spacial score (nSPS) is 20.3. The average Bonchev–Trinajstić information content (AvgIpc) is 2.94. The van der Waals surface area contributed by atoms with Gasteiger partial charge in [-0.1, -0.05) is 70.4 Å². The minimum absolute atomic E-state index is 0.286. The standard InChI is InChI=1S/C20H30N4O2S/c1-4-7-11-15(5-2)14-21-18(27)23-24-17(25)20(6-3,22-19(24)26)16-12-9-8-10-13-16/h8-10,12-13,15H,4-7,11,14H2,1-3H3,(H,22,26)(H2,21,23,27)/t15-,20+/m1/s1. The molecule has 1 fully saturated rings. The van der Waals surface area contributed by atoms with Gasteiger partial charge in [-0.15, -0.1) is 0 Å². The Morgan fingerprint density at radius 3 is 2.52 bits per heavy atom. The minimum atomic E-state index is -1.06. The Morgan fingerprint density at radius 1 is 1.22 bits per heavy atom. The highest BCUT2D eigenvalue weighted by Crippen LogP contribution is 2.31. The number of rotatable bonds is 9. The second-order valence-corrected chi connectivity index (χ2v) is 7.34. The minimum Gasteiger partial charge on any atom is -0.361 e. The molecule has 2 atom stereocenters. The van der Waals surface area contributed by atoms with E-state index in [0.29, 0.717) is 12.3 Å². The van der Waals surface area contributed by atoms with Crippen LogP contribution in [0, 0.1) is 5.92 Å². The predicted molar refractivity (Wildman–Crippen MR) is 111 cm³/mol. The van der Waals surface area contributed by atoms with E-state index in [1.807, 2.05) is 37.3 Å². The van der Waals surface area contributed by atoms with Gasteiger partial charge in [0, 0.05) is 6.54 Å². The molecule has 1 saturated heterocycles. The number of imide groups is 1. The van der Waals surface area contributed by atoms with Gasteiger partial charge in [-0.05, 0) is 36.5 Å². The summed E-state index contributed by atoms with van der Waals surface area (Å²) < 4.78 is 0. The van der Waals surface area contributed by atoms with E-state index in [1.165, 1.54) is 12.8 Å². The Morgan fingerprint density at radius 2 is 1.93 bits per heavy atom. The number of hydrogen-bond acceptors (Lipinski definition) is 3. The first kappa shape index (κ1) is 21.2. The summed E-state index contributed by atoms with van der Waals surface area (Å²) in [6.07, 6.45) is 5.00. The number of carbonyl (C=O) groups is 2. The zero-order valence-electron chi connectivity index (χ0n) is 16.4. The van der Waals surface area contributed by atoms with Gasteiger partial charge < -0.3 is 10.6 Å². The molecule has 0 aliphatic carbocycles. The van der Waals surface area contributed by atoms with E-state index in [1.54, 1.807) is 0 Å². The first-order valence-electron chi connectivity index (χ1n) is 9.75. The molecule has 0 unspecified atom stereocenters. The number of nitrogens with zero attached hydrogens (tertiary/aromatic N) is 1. The quantitative estimate of drug-likeness (QED) is 0.445. The second-order valence-electron chi connectivity index (χ2n) is 6.93. The fraction of sp³-hybridized carbons (Fsp3) is 0.550. The number of unbranched alkanes of at least 4 members (excludes halogenated alkanes) is 1. The smallest absolute Gasteiger partial charge is 0.344 e. The van der Waals surface area contributed by atoms with Crippen LogP contribution in [0.1, 0.15) is 58.4 Å². The zero-order chi connectivity index (χ0) is 19.9. The van der Waals surface area contributed by atoms with Crippen molar-refractivity contribution in [2.45, 2.75) is 58.4 Å². The summed E-state index contributed by atoms with van der Waals surface area (Å²) in [6.45, 7) is 6.94. The Hall–Kier alpha value is -2.15. The lowest BCUT2D eigenvalue weighted by Gasteiger charge is -2.26. The number of urea groups is 1. The maximum atomic E-state index is 13.0. The van der Waals surface area contributed by atoms with Gasteiger partial charge in [-0.3, -0.25) is 10.2 Å². The van der Waals surface area contributed by atoms with Crippen molar-refractivity contribution in [3.63, 3.8) is 0 Å². The van der Waals surface area contributed by atoms with Crippen molar-refractivity contribution in [3.05, 3.63) is 35.9 Å². The fourth-order valence-corrected chi connectivity index (χ4v) is 3.53. The van der Waals surface area contributed by atoms with E-state index in [2.05, 4.69) is 29.9 Å². The van der Waals surface area contributed by atoms with E-state index in [0.717, 1.165) is 30.0 Å². The molecule has 3 N–H and O–H groups in total. The maximum absolute atomic E-state index is 13.0. The number of amides is 3. The summed E-state index contributed by atoms with van der Waals surface area (Å²) in [4.78, 5) is 25.5. The van der Waals surface area contributed by atoms with Crippen LogP contribution in [-0.4, -0.2) is 28.6 Å². The van der Waals surface area contributed by atoms with Crippen molar-refractivity contribution in [1.82, 2.24) is 21.1 Å². The number of hydrazine groups is 1. The number of hydrogen-bond donors (Lipinski definition) is 3. The Balaban J connectivity index is 2.01. The van der Waals surface area contributed by atoms with Gasteiger partial charge >= 0.3 is 6.03 Å². The van der Waals surface area contributed by atoms with Crippen LogP contribution in [0.3, 0.4) is 0 Å². The first-order chi connectivity index (χ1) is 13.0. The summed E-state index contributed by atoms with van der Waals surface area (Å²) in [7, 11) is 0. The van der Waals surface area contributed by atoms with Crippen molar-refractivity contribution in [2.75, 3.05) is 6.54 Å². The van der Waals surface area contributed by atoms with Gasteiger partial charge in [-0.2, -0.15) is 5.01 Å². The topological polar surface area (TPSA) is 73.5 Å². The molecule has 0 saturated carbocycles. The van der Waals surface area contributed by atoms with Gasteiger partial charge in [-0.25, -0.2) is 4.79 Å². The van der Waals surface area contributed by atoms with E-state index >= 15 is 0 Å². The van der Waals surface area contributed by atoms with Crippen molar-refractivity contribution in [3.8, 4) is 0 Å². The van der Waals surface area contributed by atoms with E-state index < -0.39 is 11.6 Å². The van der Waals surface area contributed by atoms with Crippen LogP contribution in [-0.2, 0) is 10.3 Å². The average molecular weight is 391 g/mol. The van der Waals surface area contributed by atoms with Gasteiger partial charge in [0.25, 0.3) is 5.91 Å². The number of nitrogens with one attached hydrogen (secondary N) is 3. The summed E-state index contributed by atoms with van der Waals surface area (Å²) in [6, 6.07) is 8.80. The summed E-state index contributed by atoms with van der Waals surface area (Å²) >= 11 is 5.31. The molecule has 0 radical (unpaired) electrons. The Labute approximate surface area is 167 Å². The summed E-state index contributed by atoms with van der Waals surface area (Å²) in [5.41, 5.74) is 2.47. The van der Waals surface area contributed by atoms with Gasteiger partial charge in [0.1, 0.15) is 5.54 Å². The summed E-state index contributed by atoms with van der Waals surface area (Å²) in [5.74, 6) is 0.176. The lowest BCUT2D eigenvalue weighted by atomic mass is 9.87. The largest absolute Gasteiger partial charge is 0.361 e. The Kier molecular flexibility index (Phi) is 7.59. The van der Waals surface area contributed by atoms with E-state index in [9.17, 15) is 9.59 Å². The molecule has 1 aromatic carbocycles. The highest BCUT2D eigenvalue weighted by molar-refractivity contribution is 7.80. The third kappa shape index (κ3) is 4.77. The molecule has 0 aromatic heterocycles. The molecule has 1 aromatic rings. The van der Waals surface area contributed by atoms with Crippen molar-refractivity contribution < 1.29 is 9.59 Å². The van der Waals surface area contributed by atoms with Crippen LogP contribution < -0.4 is 16.1 Å². The fourth-order valence-electron chi connectivity index (χ4n) is 3.36. The maximum Gasteiger partial charge on any atom is 0.344 e. The SMILES string of the molecule is CCCC[C@@H](CC)CNC(=S)NN1C(=O)N[C@@](CC)(c2ccccc2)C1=O. The lowest BCUT2D eigenvalue weighted by Crippen LogP contribution is -2.52. The van der Waals surface area contributed by atoms with Gasteiger partial charge in [0.05, 0.1) is 0 Å². The molecule has 7 heteroatoms. The molecule has 148 valence electrons. The van der Waals surface area contributed by atoms with E-state index in [4.69, 9.17) is 12.2 Å². The van der Waals surface area contributed by atoms with Crippen LogP contribution in [0.4, 0.5) is 4.79 Å². The van der Waals surface area contributed by atoms with Crippen LogP contribution in [0.15, 0.2) is 30.3 Å². The molecule has 3 amide bonds. The second kappa shape index (κ2) is 9.69. The highest BCUT2D eigenvalue weighted by Gasteiger charge is 2.51. The molecule has 27 heavy (non-hydrogen) atoms. The lowest BCUT2D eigenvalue weighted by molar-refractivity contribution is -0.133. The predicted octanol–water partition coefficient (Wildman–Crippen LogP) is 3.44. The van der Waals surface area contributed by atoms with Crippen LogP contribution in [0.25, 0.3) is 0 Å². The summed E-state index contributed by atoms with van der Waals surface area (Å²) in [5, 5.41) is 7.24. The number of benzene rings is 1. The van der Waals surface area contributed by atoms with E-state index in [-0.39, 0.29) is 11.0 Å². The van der Waals surface area contributed by atoms with Crippen LogP contribution in [0.5, 0.6) is 0 Å². The Bertz CT molecular complexity index is 667. The van der Waals surface area contributed by atoms with Crippen molar-refractivity contribution >= 4 is 29.3 Å². The van der Waals surface area contributed by atoms with Crippen molar-refractivity contribution in [2.24, 2.45) is 5.92 Å². The molecule has 0 spiro atoms. The molecule has 1 aliphatic heterocycles. The number of thiocarbonyl (C=S) groups is 1. The molecule has 1 heterocycles. The molecule has 2 rings (SSSR count). The molecule has 1 aliphatic rings.